The third kappa shape index (κ3) is 5.85. The van der Waals surface area contributed by atoms with Gasteiger partial charge in [0, 0.05) is 12.2 Å². The Balaban J connectivity index is 3.54. The maximum Gasteiger partial charge on any atom is 0.309 e. The van der Waals surface area contributed by atoms with Crippen molar-refractivity contribution in [3.05, 3.63) is 0 Å². The Hall–Kier alpha value is -0.710. The molecule has 0 aliphatic carbocycles. The molecule has 0 aliphatic heterocycles. The van der Waals surface area contributed by atoms with Crippen molar-refractivity contribution in [3.8, 4) is 0 Å². The molecule has 0 saturated carbocycles. The van der Waals surface area contributed by atoms with Gasteiger partial charge in [-0.2, -0.15) is 11.8 Å². The minimum Gasteiger partial charge on any atom is -0.481 e. The highest BCUT2D eigenvalue weighted by Crippen LogP contribution is 2.22. The summed E-state index contributed by atoms with van der Waals surface area (Å²) in [4.78, 5) is 20.8. The molecule has 5 heteroatoms. The normalized spacial score (nSPS) is 11.3. The third-order valence-corrected chi connectivity index (χ3v) is 3.22. The van der Waals surface area contributed by atoms with E-state index < -0.39 is 17.4 Å². The van der Waals surface area contributed by atoms with E-state index in [0.717, 1.165) is 0 Å². The standard InChI is InChI=1S/C9H16O4S/c1-9(2,8(12)13)6-14-5-3-4-7(10)11/h3-6H2,1-2H3,(H,10,11)(H,12,13). The largest absolute Gasteiger partial charge is 0.481 e. The molecule has 0 aromatic heterocycles. The molecule has 0 spiro atoms. The summed E-state index contributed by atoms with van der Waals surface area (Å²) in [7, 11) is 0. The first-order chi connectivity index (χ1) is 6.36. The van der Waals surface area contributed by atoms with Crippen LogP contribution in [0, 0.1) is 5.41 Å². The lowest BCUT2D eigenvalue weighted by atomic mass is 9.97. The number of rotatable bonds is 7. The van der Waals surface area contributed by atoms with E-state index in [-0.39, 0.29) is 6.42 Å². The van der Waals surface area contributed by atoms with Crippen molar-refractivity contribution in [2.24, 2.45) is 5.41 Å². The van der Waals surface area contributed by atoms with Crippen molar-refractivity contribution in [2.75, 3.05) is 11.5 Å². The van der Waals surface area contributed by atoms with Crippen LogP contribution in [0.2, 0.25) is 0 Å². The van der Waals surface area contributed by atoms with Crippen molar-refractivity contribution >= 4 is 23.7 Å². The predicted molar refractivity (Wildman–Crippen MR) is 55.6 cm³/mol. The number of aliphatic carboxylic acids is 2. The summed E-state index contributed by atoms with van der Waals surface area (Å²) in [6.07, 6.45) is 0.746. The van der Waals surface area contributed by atoms with Gasteiger partial charge in [-0.1, -0.05) is 0 Å². The van der Waals surface area contributed by atoms with E-state index in [4.69, 9.17) is 10.2 Å². The van der Waals surface area contributed by atoms with Crippen molar-refractivity contribution < 1.29 is 19.8 Å². The lowest BCUT2D eigenvalue weighted by molar-refractivity contribution is -0.145. The van der Waals surface area contributed by atoms with E-state index in [1.807, 2.05) is 0 Å². The molecule has 14 heavy (non-hydrogen) atoms. The Bertz CT molecular complexity index is 213. The highest BCUT2D eigenvalue weighted by Gasteiger charge is 2.26. The highest BCUT2D eigenvalue weighted by atomic mass is 32.2. The molecule has 82 valence electrons. The molecule has 0 rings (SSSR count). The fraction of sp³-hybridized carbons (Fsp3) is 0.778. The molecule has 0 saturated heterocycles. The molecule has 0 heterocycles. The van der Waals surface area contributed by atoms with Crippen molar-refractivity contribution in [3.63, 3.8) is 0 Å². The molecular formula is C9H16O4S. The lowest BCUT2D eigenvalue weighted by Gasteiger charge is -2.17. The maximum absolute atomic E-state index is 10.7. The van der Waals surface area contributed by atoms with E-state index in [0.29, 0.717) is 17.9 Å². The van der Waals surface area contributed by atoms with Gasteiger partial charge in [-0.05, 0) is 26.0 Å². The van der Waals surface area contributed by atoms with Crippen LogP contribution >= 0.6 is 11.8 Å². The summed E-state index contributed by atoms with van der Waals surface area (Å²) in [5.74, 6) is -0.406. The zero-order valence-corrected chi connectivity index (χ0v) is 9.26. The summed E-state index contributed by atoms with van der Waals surface area (Å²) >= 11 is 1.49. The summed E-state index contributed by atoms with van der Waals surface area (Å²) in [5, 5.41) is 17.1. The Labute approximate surface area is 87.7 Å². The predicted octanol–water partition coefficient (Wildman–Crippen LogP) is 1.70. The van der Waals surface area contributed by atoms with Gasteiger partial charge in [0.1, 0.15) is 0 Å². The second-order valence-electron chi connectivity index (χ2n) is 3.74. The molecule has 0 aromatic rings. The summed E-state index contributed by atoms with van der Waals surface area (Å²) in [6, 6.07) is 0. The smallest absolute Gasteiger partial charge is 0.309 e. The number of thioether (sulfide) groups is 1. The van der Waals surface area contributed by atoms with Crippen LogP contribution in [0.4, 0.5) is 0 Å². The van der Waals surface area contributed by atoms with Gasteiger partial charge in [-0.15, -0.1) is 0 Å². The maximum atomic E-state index is 10.7. The molecule has 2 N–H and O–H groups in total. The number of hydrogen-bond donors (Lipinski definition) is 2. The van der Waals surface area contributed by atoms with Gasteiger partial charge in [0.15, 0.2) is 0 Å². The lowest BCUT2D eigenvalue weighted by Crippen LogP contribution is -2.26. The SMILES string of the molecule is CC(C)(CSCCCC(=O)O)C(=O)O. The van der Waals surface area contributed by atoms with Crippen molar-refractivity contribution in [1.29, 1.82) is 0 Å². The van der Waals surface area contributed by atoms with Crippen LogP contribution in [0.1, 0.15) is 26.7 Å². The number of carbonyl (C=O) groups is 2. The summed E-state index contributed by atoms with van der Waals surface area (Å²) in [6.45, 7) is 3.33. The van der Waals surface area contributed by atoms with Crippen LogP contribution in [-0.4, -0.2) is 33.7 Å². The van der Waals surface area contributed by atoms with E-state index in [1.165, 1.54) is 11.8 Å². The van der Waals surface area contributed by atoms with Crippen LogP contribution in [-0.2, 0) is 9.59 Å². The first-order valence-electron chi connectivity index (χ1n) is 4.39. The topological polar surface area (TPSA) is 74.6 Å². The minimum atomic E-state index is -0.816. The summed E-state index contributed by atoms with van der Waals surface area (Å²) in [5.41, 5.74) is -0.728. The van der Waals surface area contributed by atoms with Crippen LogP contribution < -0.4 is 0 Å². The van der Waals surface area contributed by atoms with E-state index >= 15 is 0 Å². The van der Waals surface area contributed by atoms with Crippen molar-refractivity contribution in [2.45, 2.75) is 26.7 Å². The van der Waals surface area contributed by atoms with Crippen LogP contribution in [0.15, 0.2) is 0 Å². The molecule has 0 amide bonds. The average molecular weight is 220 g/mol. The Morgan fingerprint density at radius 1 is 1.29 bits per heavy atom. The fourth-order valence-electron chi connectivity index (χ4n) is 0.715. The zero-order chi connectivity index (χ0) is 11.2. The van der Waals surface area contributed by atoms with Gasteiger partial charge < -0.3 is 10.2 Å². The molecule has 4 nitrogen and oxygen atoms in total. The first kappa shape index (κ1) is 13.3. The number of carboxylic acids is 2. The molecule has 0 fully saturated rings. The molecular weight excluding hydrogens is 204 g/mol. The first-order valence-corrected chi connectivity index (χ1v) is 5.54. The van der Waals surface area contributed by atoms with Crippen LogP contribution in [0.3, 0.4) is 0 Å². The Kier molecular flexibility index (Phi) is 5.60. The van der Waals surface area contributed by atoms with Gasteiger partial charge in [-0.25, -0.2) is 0 Å². The van der Waals surface area contributed by atoms with Gasteiger partial charge in [0.2, 0.25) is 0 Å². The van der Waals surface area contributed by atoms with Gasteiger partial charge in [-0.3, -0.25) is 9.59 Å². The van der Waals surface area contributed by atoms with Crippen LogP contribution in [0.25, 0.3) is 0 Å². The quantitative estimate of drug-likeness (QED) is 0.639. The molecule has 0 bridgehead atoms. The van der Waals surface area contributed by atoms with Gasteiger partial charge in [0.05, 0.1) is 5.41 Å². The minimum absolute atomic E-state index is 0.153. The van der Waals surface area contributed by atoms with E-state index in [9.17, 15) is 9.59 Å². The Morgan fingerprint density at radius 3 is 2.29 bits per heavy atom. The van der Waals surface area contributed by atoms with Crippen LogP contribution in [0.5, 0.6) is 0 Å². The van der Waals surface area contributed by atoms with E-state index in [2.05, 4.69) is 0 Å². The molecule has 0 aromatic carbocycles. The zero-order valence-electron chi connectivity index (χ0n) is 8.45. The molecule has 0 unspecified atom stereocenters. The molecule has 0 atom stereocenters. The number of hydrogen-bond acceptors (Lipinski definition) is 3. The van der Waals surface area contributed by atoms with Gasteiger partial charge >= 0.3 is 11.9 Å². The van der Waals surface area contributed by atoms with E-state index in [1.54, 1.807) is 13.8 Å². The monoisotopic (exact) mass is 220 g/mol. The number of carboxylic acid groups (broad SMARTS) is 2. The molecule has 0 aliphatic rings. The third-order valence-electron chi connectivity index (χ3n) is 1.72. The molecule has 0 radical (unpaired) electrons. The Morgan fingerprint density at radius 2 is 1.86 bits per heavy atom. The average Bonchev–Trinajstić information content (AvgIpc) is 2.02. The fourth-order valence-corrected chi connectivity index (χ4v) is 1.84. The second kappa shape index (κ2) is 5.90. The van der Waals surface area contributed by atoms with Gasteiger partial charge in [0.25, 0.3) is 0 Å². The highest BCUT2D eigenvalue weighted by molar-refractivity contribution is 7.99. The summed E-state index contributed by atoms with van der Waals surface area (Å²) < 4.78 is 0. The van der Waals surface area contributed by atoms with Crippen molar-refractivity contribution in [1.82, 2.24) is 0 Å². The second-order valence-corrected chi connectivity index (χ2v) is 4.84.